The van der Waals surface area contributed by atoms with E-state index in [-0.39, 0.29) is 17.4 Å². The third kappa shape index (κ3) is 2.78. The highest BCUT2D eigenvalue weighted by atomic mass is 16.3. The second kappa shape index (κ2) is 6.82. The number of Topliss-reactive ketones (excluding diaryl/α,β-unsaturated/α-hetero) is 1. The summed E-state index contributed by atoms with van der Waals surface area (Å²) in [7, 11) is 1.83. The van der Waals surface area contributed by atoms with Crippen LogP contribution in [0.5, 0.6) is 0 Å². The van der Waals surface area contributed by atoms with Crippen molar-refractivity contribution in [1.29, 1.82) is 0 Å². The summed E-state index contributed by atoms with van der Waals surface area (Å²) in [5.41, 5.74) is 3.37. The second-order valence-corrected chi connectivity index (χ2v) is 7.20. The van der Waals surface area contributed by atoms with Gasteiger partial charge >= 0.3 is 5.91 Å². The van der Waals surface area contributed by atoms with E-state index in [4.69, 9.17) is 0 Å². The number of hydrogen-bond acceptors (Lipinski definition) is 4. The SMILES string of the molecule is CC1=C(C2C(=O)C(=Nc3ccc(C)cc3)C2[O-])C(=O)N(c2ccccc2)[NH+]1C. The number of benzene rings is 2. The van der Waals surface area contributed by atoms with Crippen LogP contribution in [0.1, 0.15) is 12.5 Å². The number of ketones is 1. The molecule has 2 aromatic carbocycles. The molecule has 0 saturated heterocycles. The van der Waals surface area contributed by atoms with Crippen LogP contribution in [-0.4, -0.2) is 30.6 Å². The summed E-state index contributed by atoms with van der Waals surface area (Å²) >= 11 is 0. The zero-order chi connectivity index (χ0) is 20.0. The molecule has 2 aromatic rings. The topological polar surface area (TPSA) is 77.2 Å². The fourth-order valence-corrected chi connectivity index (χ4v) is 3.71. The van der Waals surface area contributed by atoms with E-state index in [9.17, 15) is 14.7 Å². The number of aliphatic imine (C=N–C) groups is 1. The number of anilines is 1. The van der Waals surface area contributed by atoms with E-state index in [0.29, 0.717) is 17.0 Å². The molecule has 3 atom stereocenters. The van der Waals surface area contributed by atoms with E-state index in [2.05, 4.69) is 4.99 Å². The Morgan fingerprint density at radius 3 is 2.25 bits per heavy atom. The number of aryl methyl sites for hydroxylation is 1. The average Bonchev–Trinajstić information content (AvgIpc) is 2.91. The normalized spacial score (nSPS) is 26.2. The van der Waals surface area contributed by atoms with Gasteiger partial charge < -0.3 is 5.11 Å². The lowest BCUT2D eigenvalue weighted by Crippen LogP contribution is -3.13. The molecule has 1 amide bonds. The molecule has 1 heterocycles. The van der Waals surface area contributed by atoms with Gasteiger partial charge in [-0.05, 0) is 31.2 Å². The first-order chi connectivity index (χ1) is 13.4. The molecule has 0 bridgehead atoms. The molecular formula is C22H21N3O3. The summed E-state index contributed by atoms with van der Waals surface area (Å²) in [5.74, 6) is -1.62. The highest BCUT2D eigenvalue weighted by Gasteiger charge is 2.51. The molecule has 3 unspecified atom stereocenters. The van der Waals surface area contributed by atoms with Crippen molar-refractivity contribution in [2.24, 2.45) is 10.9 Å². The van der Waals surface area contributed by atoms with Crippen molar-refractivity contribution in [1.82, 2.24) is 0 Å². The number of nitrogens with one attached hydrogen (secondary N) is 1. The highest BCUT2D eigenvalue weighted by Crippen LogP contribution is 2.33. The van der Waals surface area contributed by atoms with Gasteiger partial charge in [-0.3, -0.25) is 14.6 Å². The second-order valence-electron chi connectivity index (χ2n) is 7.20. The minimum absolute atomic E-state index is 0.00207. The molecule has 6 nitrogen and oxygen atoms in total. The summed E-state index contributed by atoms with van der Waals surface area (Å²) in [6.07, 6.45) is -1.33. The summed E-state index contributed by atoms with van der Waals surface area (Å²) < 4.78 is 0. The first kappa shape index (κ1) is 18.3. The zero-order valence-corrected chi connectivity index (χ0v) is 16.0. The lowest BCUT2D eigenvalue weighted by atomic mass is 9.72. The minimum Gasteiger partial charge on any atom is -0.847 e. The molecule has 0 aromatic heterocycles. The number of amides is 1. The Hall–Kier alpha value is -3.09. The maximum absolute atomic E-state index is 13.1. The van der Waals surface area contributed by atoms with Crippen LogP contribution in [0.4, 0.5) is 11.4 Å². The Morgan fingerprint density at radius 1 is 1.00 bits per heavy atom. The monoisotopic (exact) mass is 375 g/mol. The summed E-state index contributed by atoms with van der Waals surface area (Å²) in [6, 6.07) is 16.5. The van der Waals surface area contributed by atoms with Gasteiger partial charge in [-0.15, -0.1) is 5.01 Å². The standard InChI is InChI=1S/C22H20N3O3/c1-13-9-11-15(12-10-13)23-19-20(26)18(21(19)27)17-14(2)24(3)25(22(17)28)16-7-5-4-6-8-16/h4-12,18,20H,1-3H3/q-1/p+1. The van der Waals surface area contributed by atoms with Crippen LogP contribution in [0.3, 0.4) is 0 Å². The van der Waals surface area contributed by atoms with E-state index in [1.807, 2.05) is 56.4 Å². The van der Waals surface area contributed by atoms with Gasteiger partial charge in [0.1, 0.15) is 5.70 Å². The Morgan fingerprint density at radius 2 is 1.64 bits per heavy atom. The highest BCUT2D eigenvalue weighted by molar-refractivity contribution is 6.51. The maximum atomic E-state index is 13.1. The molecule has 1 N–H and O–H groups in total. The van der Waals surface area contributed by atoms with E-state index >= 15 is 0 Å². The molecular weight excluding hydrogens is 354 g/mol. The minimum atomic E-state index is -1.33. The van der Waals surface area contributed by atoms with Gasteiger partial charge in [0, 0.05) is 6.92 Å². The Balaban J connectivity index is 1.62. The van der Waals surface area contributed by atoms with Crippen molar-refractivity contribution in [2.45, 2.75) is 20.0 Å². The van der Waals surface area contributed by atoms with Crippen LogP contribution >= 0.6 is 0 Å². The smallest absolute Gasteiger partial charge is 0.306 e. The Labute approximate surface area is 163 Å². The number of para-hydroxylation sites is 1. The van der Waals surface area contributed by atoms with Crippen molar-refractivity contribution >= 4 is 28.8 Å². The molecule has 1 fully saturated rings. The molecule has 0 spiro atoms. The van der Waals surface area contributed by atoms with Crippen molar-refractivity contribution in [3.63, 3.8) is 0 Å². The van der Waals surface area contributed by atoms with Crippen LogP contribution in [0.2, 0.25) is 0 Å². The van der Waals surface area contributed by atoms with Crippen molar-refractivity contribution in [3.8, 4) is 0 Å². The van der Waals surface area contributed by atoms with E-state index in [1.54, 1.807) is 24.1 Å². The Bertz CT molecular complexity index is 1010. The van der Waals surface area contributed by atoms with Crippen LogP contribution in [-0.2, 0) is 9.59 Å². The molecule has 1 aliphatic carbocycles. The molecule has 4 rings (SSSR count). The molecule has 1 aliphatic heterocycles. The summed E-state index contributed by atoms with van der Waals surface area (Å²) in [6.45, 7) is 3.75. The first-order valence-electron chi connectivity index (χ1n) is 9.19. The first-order valence-corrected chi connectivity index (χ1v) is 9.19. The average molecular weight is 375 g/mol. The number of carbonyl (C=O) groups excluding carboxylic acids is 2. The van der Waals surface area contributed by atoms with Crippen LogP contribution < -0.4 is 15.1 Å². The van der Waals surface area contributed by atoms with E-state index < -0.39 is 12.0 Å². The van der Waals surface area contributed by atoms with E-state index in [0.717, 1.165) is 16.3 Å². The quantitative estimate of drug-likeness (QED) is 0.860. The number of rotatable bonds is 3. The van der Waals surface area contributed by atoms with Crippen LogP contribution in [0, 0.1) is 12.8 Å². The molecule has 142 valence electrons. The fourth-order valence-electron chi connectivity index (χ4n) is 3.71. The van der Waals surface area contributed by atoms with Crippen LogP contribution in [0.25, 0.3) is 0 Å². The molecule has 28 heavy (non-hydrogen) atoms. The van der Waals surface area contributed by atoms with Gasteiger partial charge in [0.25, 0.3) is 0 Å². The molecule has 2 aliphatic rings. The molecule has 1 saturated carbocycles. The molecule has 0 radical (unpaired) electrons. The summed E-state index contributed by atoms with van der Waals surface area (Å²) in [4.78, 5) is 30.0. The third-order valence-electron chi connectivity index (χ3n) is 5.43. The number of nitrogens with zero attached hydrogens (tertiary/aromatic N) is 2. The lowest BCUT2D eigenvalue weighted by Gasteiger charge is -2.41. The number of hydrogen-bond donors (Lipinski definition) is 1. The Kier molecular flexibility index (Phi) is 4.45. The third-order valence-corrected chi connectivity index (χ3v) is 5.43. The molecule has 6 heteroatoms. The largest absolute Gasteiger partial charge is 0.847 e. The van der Waals surface area contributed by atoms with Crippen LogP contribution in [0.15, 0.2) is 70.9 Å². The van der Waals surface area contributed by atoms with Crippen molar-refractivity contribution < 1.29 is 19.7 Å². The van der Waals surface area contributed by atoms with Gasteiger partial charge in [0.05, 0.1) is 35.6 Å². The van der Waals surface area contributed by atoms with Gasteiger partial charge in [0.15, 0.2) is 5.78 Å². The lowest BCUT2D eigenvalue weighted by molar-refractivity contribution is -0.837. The van der Waals surface area contributed by atoms with Gasteiger partial charge in [-0.1, -0.05) is 42.0 Å². The number of quaternary nitrogens is 1. The van der Waals surface area contributed by atoms with Gasteiger partial charge in [-0.25, -0.2) is 0 Å². The van der Waals surface area contributed by atoms with E-state index in [1.165, 1.54) is 0 Å². The van der Waals surface area contributed by atoms with Crippen molar-refractivity contribution in [3.05, 3.63) is 71.4 Å². The predicted octanol–water partition coefficient (Wildman–Crippen LogP) is 0.746. The summed E-state index contributed by atoms with van der Waals surface area (Å²) in [5, 5.41) is 15.1. The van der Waals surface area contributed by atoms with Gasteiger partial charge in [0.2, 0.25) is 0 Å². The zero-order valence-electron chi connectivity index (χ0n) is 16.0. The fraction of sp³-hybridized carbons (Fsp3) is 0.227. The predicted molar refractivity (Wildman–Crippen MR) is 104 cm³/mol. The van der Waals surface area contributed by atoms with Crippen molar-refractivity contribution in [2.75, 3.05) is 12.1 Å². The van der Waals surface area contributed by atoms with Gasteiger partial charge in [-0.2, -0.15) is 5.01 Å². The maximum Gasteiger partial charge on any atom is 0.306 e. The number of allylic oxidation sites excluding steroid dienone is 1. The number of carbonyl (C=O) groups is 2.